The number of fused-ring (bicyclic) bond motifs is 12. The van der Waals surface area contributed by atoms with Gasteiger partial charge in [0.15, 0.2) is 0 Å². The maximum absolute atomic E-state index is 6.53. The van der Waals surface area contributed by atoms with Crippen LogP contribution in [0.2, 0.25) is 0 Å². The summed E-state index contributed by atoms with van der Waals surface area (Å²) >= 11 is 3.75. The third-order valence-corrected chi connectivity index (χ3v) is 15.6. The van der Waals surface area contributed by atoms with Crippen LogP contribution in [0.1, 0.15) is 0 Å². The molecule has 5 heteroatoms. The van der Waals surface area contributed by atoms with Crippen molar-refractivity contribution in [3.63, 3.8) is 0 Å². The minimum absolute atomic E-state index is 0.904. The Bertz CT molecular complexity index is 4150. The largest absolute Gasteiger partial charge is 0.455 e. The molecule has 65 heavy (non-hydrogen) atoms. The van der Waals surface area contributed by atoms with Crippen LogP contribution in [0.5, 0.6) is 0 Å². The molecule has 3 nitrogen and oxygen atoms in total. The van der Waals surface area contributed by atoms with Crippen LogP contribution < -0.4 is 4.90 Å². The molecular formula is C60H36N2OS2. The number of aromatic nitrogens is 1. The van der Waals surface area contributed by atoms with Gasteiger partial charge in [0.25, 0.3) is 0 Å². The first-order valence-electron chi connectivity index (χ1n) is 22.0. The number of thiophene rings is 2. The Labute approximate surface area is 381 Å². The third kappa shape index (κ3) is 5.53. The van der Waals surface area contributed by atoms with Crippen molar-refractivity contribution in [2.24, 2.45) is 0 Å². The average molecular weight is 865 g/mol. The summed E-state index contributed by atoms with van der Waals surface area (Å²) in [6.07, 6.45) is 0. The number of para-hydroxylation sites is 5. The van der Waals surface area contributed by atoms with E-state index in [0.29, 0.717) is 0 Å². The molecule has 0 N–H and O–H groups in total. The SMILES string of the molecule is c1ccc(-n2c3ccccc3c3ccccc32)c(-c2cc(N(c3ccc(-c4cccc5c4oc4ccccc45)cc3)c3cccc4c3sc3ccccc34)cc3c2sc2ccccc23)c1. The van der Waals surface area contributed by atoms with Crippen LogP contribution in [0.15, 0.2) is 223 Å². The summed E-state index contributed by atoms with van der Waals surface area (Å²) in [6, 6.07) is 79.8. The molecule has 0 fully saturated rings. The topological polar surface area (TPSA) is 21.3 Å². The minimum Gasteiger partial charge on any atom is -0.455 e. The third-order valence-electron chi connectivity index (χ3n) is 13.2. The molecule has 0 radical (unpaired) electrons. The van der Waals surface area contributed by atoms with E-state index in [9.17, 15) is 0 Å². The van der Waals surface area contributed by atoms with E-state index < -0.39 is 0 Å². The van der Waals surface area contributed by atoms with E-state index in [0.717, 1.165) is 55.8 Å². The number of benzene rings is 10. The standard InChI is InChI=1S/C60H36N2OS2/c1-7-24-51-41(15-1)42-16-2-8-25-52(42)62(51)53-26-9-3-17-43(53)49-35-39(36-50-46-20-6-12-30-57(46)64-59(49)50)61(54-27-14-23-48-45-19-5-11-29-56(45)65-60(48)54)38-33-31-37(32-34-38)40-21-13-22-47-44-18-4-10-28-55(44)63-58(40)47/h1-36H. The molecule has 0 aliphatic rings. The van der Waals surface area contributed by atoms with Crippen LogP contribution in [0, 0.1) is 0 Å². The first kappa shape index (κ1) is 36.5. The van der Waals surface area contributed by atoms with E-state index in [4.69, 9.17) is 4.42 Å². The van der Waals surface area contributed by atoms with Crippen LogP contribution in [-0.4, -0.2) is 4.57 Å². The molecule has 0 saturated carbocycles. The van der Waals surface area contributed by atoms with Gasteiger partial charge in [-0.3, -0.25) is 0 Å². The summed E-state index contributed by atoms with van der Waals surface area (Å²) in [4.78, 5) is 2.49. The summed E-state index contributed by atoms with van der Waals surface area (Å²) in [5.41, 5.74) is 13.3. The van der Waals surface area contributed by atoms with Crippen LogP contribution >= 0.6 is 22.7 Å². The van der Waals surface area contributed by atoms with Crippen molar-refractivity contribution in [1.29, 1.82) is 0 Å². The van der Waals surface area contributed by atoms with E-state index in [2.05, 4.69) is 222 Å². The van der Waals surface area contributed by atoms with E-state index in [1.165, 1.54) is 73.3 Å². The number of furan rings is 1. The van der Waals surface area contributed by atoms with Gasteiger partial charge in [0.05, 0.1) is 27.1 Å². The van der Waals surface area contributed by atoms with Gasteiger partial charge < -0.3 is 13.9 Å². The summed E-state index contributed by atoms with van der Waals surface area (Å²) in [5, 5.41) is 9.82. The number of hydrogen-bond acceptors (Lipinski definition) is 4. The predicted octanol–water partition coefficient (Wildman–Crippen LogP) is 18.2. The molecule has 0 aliphatic heterocycles. The second-order valence-corrected chi connectivity index (χ2v) is 18.9. The molecule has 4 aromatic heterocycles. The average Bonchev–Trinajstić information content (AvgIpc) is 4.14. The van der Waals surface area contributed by atoms with Crippen molar-refractivity contribution in [3.05, 3.63) is 218 Å². The van der Waals surface area contributed by atoms with Gasteiger partial charge >= 0.3 is 0 Å². The Morgan fingerprint density at radius 3 is 1.71 bits per heavy atom. The molecular weight excluding hydrogens is 829 g/mol. The number of nitrogens with zero attached hydrogens (tertiary/aromatic N) is 2. The van der Waals surface area contributed by atoms with Crippen LogP contribution in [-0.2, 0) is 0 Å². The lowest BCUT2D eigenvalue weighted by Gasteiger charge is -2.27. The lowest BCUT2D eigenvalue weighted by Crippen LogP contribution is -2.10. The first-order chi connectivity index (χ1) is 32.2. The minimum atomic E-state index is 0.904. The van der Waals surface area contributed by atoms with E-state index in [-0.39, 0.29) is 0 Å². The zero-order valence-electron chi connectivity index (χ0n) is 34.9. The fourth-order valence-corrected chi connectivity index (χ4v) is 12.7. The maximum atomic E-state index is 6.53. The van der Waals surface area contributed by atoms with Gasteiger partial charge in [0, 0.05) is 85.3 Å². The Balaban J connectivity index is 1.04. The zero-order valence-corrected chi connectivity index (χ0v) is 36.5. The fourth-order valence-electron chi connectivity index (χ4n) is 10.3. The van der Waals surface area contributed by atoms with Crippen molar-refractivity contribution in [3.8, 4) is 27.9 Å². The second kappa shape index (κ2) is 14.3. The molecule has 10 aromatic carbocycles. The summed E-state index contributed by atoms with van der Waals surface area (Å²) < 4.78 is 14.1. The highest BCUT2D eigenvalue weighted by molar-refractivity contribution is 7.26. The molecule has 0 bridgehead atoms. The Morgan fingerprint density at radius 2 is 0.938 bits per heavy atom. The number of hydrogen-bond donors (Lipinski definition) is 0. The van der Waals surface area contributed by atoms with Crippen molar-refractivity contribution in [2.75, 3.05) is 4.90 Å². The van der Waals surface area contributed by atoms with Crippen molar-refractivity contribution in [1.82, 2.24) is 4.57 Å². The van der Waals surface area contributed by atoms with Crippen LogP contribution in [0.4, 0.5) is 17.1 Å². The highest BCUT2D eigenvalue weighted by atomic mass is 32.1. The quantitative estimate of drug-likeness (QED) is 0.166. The Morgan fingerprint density at radius 1 is 0.369 bits per heavy atom. The van der Waals surface area contributed by atoms with Gasteiger partial charge in [-0.05, 0) is 72.3 Å². The van der Waals surface area contributed by atoms with Crippen molar-refractivity contribution < 1.29 is 4.42 Å². The lowest BCUT2D eigenvalue weighted by atomic mass is 9.98. The fraction of sp³-hybridized carbons (Fsp3) is 0. The van der Waals surface area contributed by atoms with Crippen LogP contribution in [0.3, 0.4) is 0 Å². The molecule has 14 rings (SSSR count). The highest BCUT2D eigenvalue weighted by Crippen LogP contribution is 2.50. The second-order valence-electron chi connectivity index (χ2n) is 16.8. The first-order valence-corrected chi connectivity index (χ1v) is 23.6. The Hall–Kier alpha value is -7.96. The van der Waals surface area contributed by atoms with Gasteiger partial charge in [0.2, 0.25) is 0 Å². The summed E-state index contributed by atoms with van der Waals surface area (Å²) in [6.45, 7) is 0. The van der Waals surface area contributed by atoms with Crippen LogP contribution in [0.25, 0.3) is 112 Å². The molecule has 0 saturated heterocycles. The molecule has 0 amide bonds. The molecule has 14 aromatic rings. The molecule has 0 spiro atoms. The molecule has 4 heterocycles. The van der Waals surface area contributed by atoms with Gasteiger partial charge in [-0.1, -0.05) is 152 Å². The molecule has 0 unspecified atom stereocenters. The smallest absolute Gasteiger partial charge is 0.143 e. The van der Waals surface area contributed by atoms with Gasteiger partial charge in [-0.25, -0.2) is 0 Å². The van der Waals surface area contributed by atoms with E-state index >= 15 is 0 Å². The monoisotopic (exact) mass is 864 g/mol. The van der Waals surface area contributed by atoms with Gasteiger partial charge in [-0.15, -0.1) is 22.7 Å². The van der Waals surface area contributed by atoms with Crippen molar-refractivity contribution in [2.45, 2.75) is 0 Å². The number of anilines is 3. The van der Waals surface area contributed by atoms with E-state index in [1.807, 2.05) is 28.7 Å². The van der Waals surface area contributed by atoms with Gasteiger partial charge in [-0.2, -0.15) is 0 Å². The van der Waals surface area contributed by atoms with Crippen molar-refractivity contribution >= 4 is 124 Å². The molecule has 304 valence electrons. The van der Waals surface area contributed by atoms with E-state index in [1.54, 1.807) is 0 Å². The zero-order chi connectivity index (χ0) is 42.6. The Kier molecular flexibility index (Phi) is 8.02. The summed E-state index contributed by atoms with van der Waals surface area (Å²) in [7, 11) is 0. The molecule has 0 aliphatic carbocycles. The van der Waals surface area contributed by atoms with Gasteiger partial charge in [0.1, 0.15) is 11.2 Å². The lowest BCUT2D eigenvalue weighted by molar-refractivity contribution is 0.670. The maximum Gasteiger partial charge on any atom is 0.143 e. The summed E-state index contributed by atoms with van der Waals surface area (Å²) in [5.74, 6) is 0. The highest BCUT2D eigenvalue weighted by Gasteiger charge is 2.24. The normalized spacial score (nSPS) is 12.0. The predicted molar refractivity (Wildman–Crippen MR) is 279 cm³/mol. The number of rotatable bonds is 6. The molecule has 0 atom stereocenters.